The van der Waals surface area contributed by atoms with E-state index in [0.717, 1.165) is 23.6 Å². The normalized spacial score (nSPS) is 12.6. The van der Waals surface area contributed by atoms with E-state index >= 15 is 0 Å². The van der Waals surface area contributed by atoms with Crippen molar-refractivity contribution in [2.24, 2.45) is 0 Å². The van der Waals surface area contributed by atoms with Gasteiger partial charge in [-0.2, -0.15) is 0 Å². The predicted octanol–water partition coefficient (Wildman–Crippen LogP) is 5.56. The molecule has 0 bridgehead atoms. The Morgan fingerprint density at radius 2 is 2.16 bits per heavy atom. The van der Waals surface area contributed by atoms with Gasteiger partial charge < -0.3 is 5.32 Å². The molecule has 0 spiro atoms. The fourth-order valence-electron chi connectivity index (χ4n) is 2.01. The molecule has 1 aromatic carbocycles. The van der Waals surface area contributed by atoms with Crippen LogP contribution < -0.4 is 5.32 Å². The van der Waals surface area contributed by atoms with Gasteiger partial charge in [-0.25, -0.2) is 0 Å². The largest absolute Gasteiger partial charge is 0.306 e. The van der Waals surface area contributed by atoms with Crippen molar-refractivity contribution < 1.29 is 0 Å². The Morgan fingerprint density at radius 1 is 1.37 bits per heavy atom. The second kappa shape index (κ2) is 6.89. The van der Waals surface area contributed by atoms with Gasteiger partial charge in [0, 0.05) is 14.4 Å². The van der Waals surface area contributed by atoms with Gasteiger partial charge >= 0.3 is 0 Å². The van der Waals surface area contributed by atoms with Crippen molar-refractivity contribution in [2.45, 2.75) is 26.3 Å². The third-order valence-corrected chi connectivity index (χ3v) is 5.38. The van der Waals surface area contributed by atoms with Crippen LogP contribution in [0, 0.1) is 6.92 Å². The van der Waals surface area contributed by atoms with Gasteiger partial charge in [0.05, 0.1) is 6.04 Å². The Bertz CT molecular complexity index is 553. The zero-order chi connectivity index (χ0) is 13.8. The lowest BCUT2D eigenvalue weighted by Crippen LogP contribution is -2.22. The molecule has 1 unspecified atom stereocenters. The summed E-state index contributed by atoms with van der Waals surface area (Å²) < 4.78 is 1.17. The molecule has 102 valence electrons. The molecule has 4 heteroatoms. The Balaban J connectivity index is 2.37. The van der Waals surface area contributed by atoms with Gasteiger partial charge in [0.2, 0.25) is 0 Å². The minimum atomic E-state index is 0.227. The molecule has 0 saturated heterocycles. The summed E-state index contributed by atoms with van der Waals surface area (Å²) in [5, 5.41) is 6.55. The van der Waals surface area contributed by atoms with Gasteiger partial charge in [0.25, 0.3) is 0 Å². The smallest absolute Gasteiger partial charge is 0.0682 e. The van der Waals surface area contributed by atoms with Gasteiger partial charge in [-0.3, -0.25) is 0 Å². The van der Waals surface area contributed by atoms with E-state index in [1.807, 2.05) is 13.0 Å². The first kappa shape index (κ1) is 15.0. The van der Waals surface area contributed by atoms with Crippen LogP contribution in [-0.2, 0) is 0 Å². The lowest BCUT2D eigenvalue weighted by Gasteiger charge is -2.19. The third kappa shape index (κ3) is 3.60. The van der Waals surface area contributed by atoms with Crippen LogP contribution >= 0.6 is 38.9 Å². The van der Waals surface area contributed by atoms with Crippen molar-refractivity contribution in [1.82, 2.24) is 5.32 Å². The van der Waals surface area contributed by atoms with Crippen molar-refractivity contribution in [1.29, 1.82) is 0 Å². The van der Waals surface area contributed by atoms with Crippen LogP contribution in [0.4, 0.5) is 0 Å². The maximum absolute atomic E-state index is 6.12. The van der Waals surface area contributed by atoms with Crippen molar-refractivity contribution in [3.05, 3.63) is 55.1 Å². The van der Waals surface area contributed by atoms with E-state index in [0.29, 0.717) is 0 Å². The summed E-state index contributed by atoms with van der Waals surface area (Å²) >= 11 is 11.5. The fraction of sp³-hybridized carbons (Fsp3) is 0.333. The van der Waals surface area contributed by atoms with Gasteiger partial charge in [0.1, 0.15) is 0 Å². The summed E-state index contributed by atoms with van der Waals surface area (Å²) in [5.41, 5.74) is 2.38. The highest BCUT2D eigenvalue weighted by molar-refractivity contribution is 9.10. The van der Waals surface area contributed by atoms with Crippen LogP contribution in [0.1, 0.15) is 35.4 Å². The first-order chi connectivity index (χ1) is 9.13. The summed E-state index contributed by atoms with van der Waals surface area (Å²) in [5.74, 6) is 0. The molecular weight excluding hydrogens is 342 g/mol. The summed E-state index contributed by atoms with van der Waals surface area (Å²) in [4.78, 5) is 1.31. The summed E-state index contributed by atoms with van der Waals surface area (Å²) in [6, 6.07) is 8.58. The Morgan fingerprint density at radius 3 is 2.74 bits per heavy atom. The molecule has 19 heavy (non-hydrogen) atoms. The molecule has 2 rings (SSSR count). The Labute approximate surface area is 132 Å². The summed E-state index contributed by atoms with van der Waals surface area (Å²) in [6.07, 6.45) is 1.12. The van der Waals surface area contributed by atoms with Crippen LogP contribution in [0.5, 0.6) is 0 Å². The molecule has 0 fully saturated rings. The molecule has 0 aliphatic heterocycles. The average molecular weight is 359 g/mol. The molecule has 0 radical (unpaired) electrons. The maximum atomic E-state index is 6.12. The van der Waals surface area contributed by atoms with Crippen molar-refractivity contribution >= 4 is 38.9 Å². The number of rotatable bonds is 5. The molecule has 1 atom stereocenters. The lowest BCUT2D eigenvalue weighted by molar-refractivity contribution is 0.604. The molecule has 0 amide bonds. The highest BCUT2D eigenvalue weighted by Crippen LogP contribution is 2.34. The lowest BCUT2D eigenvalue weighted by atomic mass is 10.0. The minimum Gasteiger partial charge on any atom is -0.306 e. The molecule has 0 aliphatic rings. The van der Waals surface area contributed by atoms with Crippen LogP contribution in [0.15, 0.2) is 34.1 Å². The highest BCUT2D eigenvalue weighted by Gasteiger charge is 2.18. The van der Waals surface area contributed by atoms with E-state index in [4.69, 9.17) is 11.6 Å². The van der Waals surface area contributed by atoms with Gasteiger partial charge in [-0.15, -0.1) is 11.3 Å². The second-order valence-electron chi connectivity index (χ2n) is 4.53. The van der Waals surface area contributed by atoms with E-state index in [1.54, 1.807) is 11.3 Å². The number of thiophene rings is 1. The average Bonchev–Trinajstić information content (AvgIpc) is 2.80. The second-order valence-corrected chi connectivity index (χ2v) is 6.74. The summed E-state index contributed by atoms with van der Waals surface area (Å²) in [7, 11) is 0. The minimum absolute atomic E-state index is 0.227. The first-order valence-electron chi connectivity index (χ1n) is 6.35. The molecule has 2 aromatic rings. The number of halogens is 2. The Hall–Kier alpha value is -0.350. The number of aryl methyl sites for hydroxylation is 1. The molecule has 1 N–H and O–H groups in total. The topological polar surface area (TPSA) is 12.0 Å². The maximum Gasteiger partial charge on any atom is 0.0682 e. The van der Waals surface area contributed by atoms with Crippen LogP contribution in [0.25, 0.3) is 0 Å². The van der Waals surface area contributed by atoms with Gasteiger partial charge in [-0.05, 0) is 64.5 Å². The van der Waals surface area contributed by atoms with Crippen molar-refractivity contribution in [3.63, 3.8) is 0 Å². The molecule has 1 heterocycles. The molecule has 0 saturated carbocycles. The molecule has 1 nitrogen and oxygen atoms in total. The predicted molar refractivity (Wildman–Crippen MR) is 88.3 cm³/mol. The number of nitrogens with one attached hydrogen (secondary N) is 1. The van der Waals surface area contributed by atoms with Gasteiger partial charge in [0.15, 0.2) is 0 Å². The number of hydrogen-bond acceptors (Lipinski definition) is 2. The quantitative estimate of drug-likeness (QED) is 0.737. The molecular formula is C15H17BrClNS. The van der Waals surface area contributed by atoms with E-state index in [2.05, 4.69) is 51.7 Å². The zero-order valence-electron chi connectivity index (χ0n) is 11.0. The molecule has 0 aliphatic carbocycles. The van der Waals surface area contributed by atoms with E-state index in [9.17, 15) is 0 Å². The number of hydrogen-bond donors (Lipinski definition) is 1. The third-order valence-electron chi connectivity index (χ3n) is 3.02. The Kier molecular flexibility index (Phi) is 5.46. The SMILES string of the molecule is CCCNC(c1ccc(Cl)c(C)c1)c1sccc1Br. The fourth-order valence-corrected chi connectivity index (χ4v) is 3.83. The van der Waals surface area contributed by atoms with E-state index < -0.39 is 0 Å². The standard InChI is InChI=1S/C15H17BrClNS/c1-3-7-18-14(15-12(16)6-8-19-15)11-4-5-13(17)10(2)9-11/h4-6,8-9,14,18H,3,7H2,1-2H3. The van der Waals surface area contributed by atoms with Crippen molar-refractivity contribution in [2.75, 3.05) is 6.54 Å². The summed E-state index contributed by atoms with van der Waals surface area (Å²) in [6.45, 7) is 5.23. The zero-order valence-corrected chi connectivity index (χ0v) is 14.2. The first-order valence-corrected chi connectivity index (χ1v) is 8.41. The van der Waals surface area contributed by atoms with E-state index in [1.165, 1.54) is 14.9 Å². The van der Waals surface area contributed by atoms with Crippen LogP contribution in [0.3, 0.4) is 0 Å². The molecule has 1 aromatic heterocycles. The number of benzene rings is 1. The van der Waals surface area contributed by atoms with Crippen molar-refractivity contribution in [3.8, 4) is 0 Å². The monoisotopic (exact) mass is 357 g/mol. The van der Waals surface area contributed by atoms with Crippen LogP contribution in [0.2, 0.25) is 5.02 Å². The van der Waals surface area contributed by atoms with Gasteiger partial charge in [-0.1, -0.05) is 30.7 Å². The van der Waals surface area contributed by atoms with E-state index in [-0.39, 0.29) is 6.04 Å². The highest BCUT2D eigenvalue weighted by atomic mass is 79.9. The van der Waals surface area contributed by atoms with Crippen LogP contribution in [-0.4, -0.2) is 6.54 Å².